The molecule has 6 nitrogen and oxygen atoms in total. The number of carbonyl (C=O) groups is 1. The Morgan fingerprint density at radius 2 is 1.69 bits per heavy atom. The van der Waals surface area contributed by atoms with E-state index in [4.69, 9.17) is 0 Å². The first-order chi connectivity index (χ1) is 13.8. The summed E-state index contributed by atoms with van der Waals surface area (Å²) in [5, 5.41) is 4.75. The average Bonchev–Trinajstić information content (AvgIpc) is 3.10. The van der Waals surface area contributed by atoms with Crippen LogP contribution in [0.1, 0.15) is 32.6 Å². The Labute approximate surface area is 168 Å². The van der Waals surface area contributed by atoms with Crippen molar-refractivity contribution in [2.75, 3.05) is 0 Å². The SMILES string of the molecule is Cc1cc(C)cc(-n2ncc3c(=O)n(CC(=O)c4ccc(C)c(C)c4)cnc32)c1. The van der Waals surface area contributed by atoms with Gasteiger partial charge in [0.05, 0.1) is 18.4 Å². The Morgan fingerprint density at radius 1 is 0.966 bits per heavy atom. The fourth-order valence-electron chi connectivity index (χ4n) is 3.48. The molecule has 0 aliphatic carbocycles. The van der Waals surface area contributed by atoms with Gasteiger partial charge in [0.2, 0.25) is 0 Å². The molecule has 2 heterocycles. The zero-order valence-corrected chi connectivity index (χ0v) is 16.9. The Kier molecular flexibility index (Phi) is 4.62. The summed E-state index contributed by atoms with van der Waals surface area (Å²) >= 11 is 0. The van der Waals surface area contributed by atoms with Crippen molar-refractivity contribution in [3.05, 3.63) is 87.1 Å². The minimum Gasteiger partial charge on any atom is -0.292 e. The van der Waals surface area contributed by atoms with Gasteiger partial charge in [0.15, 0.2) is 11.4 Å². The molecule has 0 unspecified atom stereocenters. The molecule has 0 aliphatic rings. The van der Waals surface area contributed by atoms with Crippen LogP contribution in [0, 0.1) is 27.7 Å². The van der Waals surface area contributed by atoms with Crippen molar-refractivity contribution in [3.8, 4) is 5.69 Å². The second-order valence-corrected chi connectivity index (χ2v) is 7.54. The molecule has 29 heavy (non-hydrogen) atoms. The van der Waals surface area contributed by atoms with E-state index in [0.717, 1.165) is 27.9 Å². The first kappa shape index (κ1) is 18.8. The number of carbonyl (C=O) groups excluding carboxylic acids is 1. The highest BCUT2D eigenvalue weighted by atomic mass is 16.1. The summed E-state index contributed by atoms with van der Waals surface area (Å²) in [6.07, 6.45) is 2.93. The van der Waals surface area contributed by atoms with Crippen LogP contribution >= 0.6 is 0 Å². The monoisotopic (exact) mass is 386 g/mol. The van der Waals surface area contributed by atoms with Crippen LogP contribution in [-0.4, -0.2) is 25.1 Å². The van der Waals surface area contributed by atoms with Gasteiger partial charge in [-0.25, -0.2) is 9.67 Å². The number of nitrogens with zero attached hydrogens (tertiary/aromatic N) is 4. The highest BCUT2D eigenvalue weighted by Gasteiger charge is 2.15. The number of hydrogen-bond donors (Lipinski definition) is 0. The summed E-state index contributed by atoms with van der Waals surface area (Å²) in [5.74, 6) is -0.127. The predicted octanol–water partition coefficient (Wildman–Crippen LogP) is 3.70. The molecule has 0 atom stereocenters. The van der Waals surface area contributed by atoms with Gasteiger partial charge in [-0.1, -0.05) is 18.2 Å². The summed E-state index contributed by atoms with van der Waals surface area (Å²) in [6.45, 7) is 7.94. The molecular weight excluding hydrogens is 364 g/mol. The highest BCUT2D eigenvalue weighted by Crippen LogP contribution is 2.17. The largest absolute Gasteiger partial charge is 0.292 e. The van der Waals surface area contributed by atoms with Crippen molar-refractivity contribution in [1.29, 1.82) is 0 Å². The van der Waals surface area contributed by atoms with Gasteiger partial charge in [-0.15, -0.1) is 0 Å². The second kappa shape index (κ2) is 7.13. The maximum atomic E-state index is 12.9. The number of rotatable bonds is 4. The van der Waals surface area contributed by atoms with E-state index in [1.165, 1.54) is 17.1 Å². The van der Waals surface area contributed by atoms with Crippen LogP contribution in [-0.2, 0) is 6.54 Å². The van der Waals surface area contributed by atoms with Crippen molar-refractivity contribution in [2.45, 2.75) is 34.2 Å². The number of hydrogen-bond acceptors (Lipinski definition) is 4. The van der Waals surface area contributed by atoms with Crippen LogP contribution in [0.5, 0.6) is 0 Å². The quantitative estimate of drug-likeness (QED) is 0.502. The van der Waals surface area contributed by atoms with Crippen molar-refractivity contribution < 1.29 is 4.79 Å². The van der Waals surface area contributed by atoms with E-state index >= 15 is 0 Å². The third-order valence-corrected chi connectivity index (χ3v) is 5.15. The highest BCUT2D eigenvalue weighted by molar-refractivity contribution is 5.96. The van der Waals surface area contributed by atoms with Crippen LogP contribution in [0.25, 0.3) is 16.7 Å². The summed E-state index contributed by atoms with van der Waals surface area (Å²) in [4.78, 5) is 30.0. The summed E-state index contributed by atoms with van der Waals surface area (Å²) in [5.41, 5.74) is 6.04. The van der Waals surface area contributed by atoms with E-state index in [0.29, 0.717) is 16.6 Å². The molecule has 0 fully saturated rings. The molecule has 2 aromatic heterocycles. The number of benzene rings is 2. The maximum Gasteiger partial charge on any atom is 0.264 e. The Bertz CT molecular complexity index is 1290. The van der Waals surface area contributed by atoms with Crippen molar-refractivity contribution in [1.82, 2.24) is 19.3 Å². The summed E-state index contributed by atoms with van der Waals surface area (Å²) < 4.78 is 3.00. The number of aryl methyl sites for hydroxylation is 4. The van der Waals surface area contributed by atoms with E-state index in [1.54, 1.807) is 10.7 Å². The van der Waals surface area contributed by atoms with Gasteiger partial charge in [0.25, 0.3) is 5.56 Å². The topological polar surface area (TPSA) is 69.8 Å². The Hall–Kier alpha value is -3.54. The van der Waals surface area contributed by atoms with Crippen molar-refractivity contribution in [2.24, 2.45) is 0 Å². The lowest BCUT2D eigenvalue weighted by atomic mass is 10.0. The molecule has 0 radical (unpaired) electrons. The predicted molar refractivity (Wildman–Crippen MR) is 113 cm³/mol. The van der Waals surface area contributed by atoms with Gasteiger partial charge < -0.3 is 0 Å². The summed E-state index contributed by atoms with van der Waals surface area (Å²) in [7, 11) is 0. The summed E-state index contributed by atoms with van der Waals surface area (Å²) in [6, 6.07) is 11.6. The first-order valence-electron chi connectivity index (χ1n) is 9.46. The average molecular weight is 386 g/mol. The standard InChI is InChI=1S/C23H22N4O2/c1-14-7-15(2)9-19(8-14)27-22-20(11-25-27)23(29)26(13-24-22)12-21(28)18-6-5-16(3)17(4)10-18/h5-11,13H,12H2,1-4H3. The third-order valence-electron chi connectivity index (χ3n) is 5.15. The van der Waals surface area contributed by atoms with Crippen LogP contribution in [0.15, 0.2) is 53.7 Å². The molecule has 0 saturated heterocycles. The van der Waals surface area contributed by atoms with Gasteiger partial charge in [0.1, 0.15) is 11.7 Å². The fourth-order valence-corrected chi connectivity index (χ4v) is 3.48. The van der Waals surface area contributed by atoms with Crippen LogP contribution < -0.4 is 5.56 Å². The van der Waals surface area contributed by atoms with Gasteiger partial charge in [0, 0.05) is 5.56 Å². The molecule has 0 saturated carbocycles. The normalized spacial score (nSPS) is 11.2. The van der Waals surface area contributed by atoms with Crippen molar-refractivity contribution in [3.63, 3.8) is 0 Å². The molecule has 146 valence electrons. The molecular formula is C23H22N4O2. The number of ketones is 1. The van der Waals surface area contributed by atoms with Gasteiger partial charge in [-0.05, 0) is 68.1 Å². The Morgan fingerprint density at radius 3 is 2.38 bits per heavy atom. The van der Waals surface area contributed by atoms with E-state index in [1.807, 2.05) is 52.0 Å². The zero-order chi connectivity index (χ0) is 20.7. The molecule has 0 aliphatic heterocycles. The van der Waals surface area contributed by atoms with Gasteiger partial charge >= 0.3 is 0 Å². The molecule has 2 aromatic carbocycles. The Balaban J connectivity index is 1.71. The third kappa shape index (κ3) is 3.49. The molecule has 4 rings (SSSR count). The lowest BCUT2D eigenvalue weighted by Gasteiger charge is -2.08. The molecule has 0 spiro atoms. The number of aromatic nitrogens is 4. The maximum absolute atomic E-state index is 12.9. The fraction of sp³-hybridized carbons (Fsp3) is 0.217. The molecule has 6 heteroatoms. The first-order valence-corrected chi connectivity index (χ1v) is 9.46. The van der Waals surface area contributed by atoms with Gasteiger partial charge in [-0.3, -0.25) is 14.2 Å². The molecule has 0 amide bonds. The molecule has 4 aromatic rings. The second-order valence-electron chi connectivity index (χ2n) is 7.54. The number of fused-ring (bicyclic) bond motifs is 1. The van der Waals surface area contributed by atoms with Crippen LogP contribution in [0.2, 0.25) is 0 Å². The van der Waals surface area contributed by atoms with Crippen LogP contribution in [0.3, 0.4) is 0 Å². The van der Waals surface area contributed by atoms with E-state index in [9.17, 15) is 9.59 Å². The van der Waals surface area contributed by atoms with Gasteiger partial charge in [-0.2, -0.15) is 5.10 Å². The zero-order valence-electron chi connectivity index (χ0n) is 16.9. The molecule has 0 N–H and O–H groups in total. The van der Waals surface area contributed by atoms with E-state index in [2.05, 4.69) is 16.1 Å². The number of Topliss-reactive ketones (excluding diaryl/α,β-unsaturated/α-hetero) is 1. The molecule has 0 bridgehead atoms. The van der Waals surface area contributed by atoms with Crippen LogP contribution in [0.4, 0.5) is 0 Å². The van der Waals surface area contributed by atoms with E-state index in [-0.39, 0.29) is 17.9 Å². The van der Waals surface area contributed by atoms with E-state index < -0.39 is 0 Å². The lowest BCUT2D eigenvalue weighted by molar-refractivity contribution is 0.0970. The smallest absolute Gasteiger partial charge is 0.264 e. The minimum absolute atomic E-state index is 0.0565. The van der Waals surface area contributed by atoms with Crippen molar-refractivity contribution >= 4 is 16.8 Å². The minimum atomic E-state index is -0.275. The lowest BCUT2D eigenvalue weighted by Crippen LogP contribution is -2.24.